The molecule has 210 valence electrons. The van der Waals surface area contributed by atoms with E-state index in [9.17, 15) is 10.1 Å². The molecular formula is C29H29ClN8O3. The Balaban J connectivity index is 1.59. The Labute approximate surface area is 241 Å². The fourth-order valence-corrected chi connectivity index (χ4v) is 5.88. The fraction of sp³-hybridized carbons (Fsp3) is 0.379. The molecule has 1 saturated carbocycles. The van der Waals surface area contributed by atoms with Crippen LogP contribution in [0.1, 0.15) is 67.7 Å². The van der Waals surface area contributed by atoms with Crippen molar-refractivity contribution in [2.75, 3.05) is 7.11 Å². The fourth-order valence-electron chi connectivity index (χ4n) is 5.70. The van der Waals surface area contributed by atoms with Gasteiger partial charge in [-0.3, -0.25) is 10.3 Å². The van der Waals surface area contributed by atoms with Crippen LogP contribution in [0.15, 0.2) is 42.7 Å². The van der Waals surface area contributed by atoms with Gasteiger partial charge in [0.15, 0.2) is 17.6 Å². The second kappa shape index (κ2) is 11.4. The summed E-state index contributed by atoms with van der Waals surface area (Å²) in [6, 6.07) is 11.4. The number of rotatable bonds is 7. The van der Waals surface area contributed by atoms with Gasteiger partial charge in [-0.05, 0) is 36.8 Å². The molecule has 2 fully saturated rings. The Hall–Kier alpha value is -4.11. The molecule has 1 aromatic carbocycles. The van der Waals surface area contributed by atoms with Crippen LogP contribution in [0.25, 0.3) is 22.4 Å². The number of aromatic nitrogens is 5. The summed E-state index contributed by atoms with van der Waals surface area (Å²) in [7, 11) is 1.61. The smallest absolute Gasteiger partial charge is 0.369 e. The molecule has 2 aliphatic rings. The third kappa shape index (κ3) is 5.34. The van der Waals surface area contributed by atoms with Gasteiger partial charge >= 0.3 is 6.09 Å². The summed E-state index contributed by atoms with van der Waals surface area (Å²) in [6.45, 7) is 2.98. The van der Waals surface area contributed by atoms with Gasteiger partial charge in [0.2, 0.25) is 0 Å². The minimum atomic E-state index is -0.774. The number of ether oxygens (including phenoxy) is 1. The quantitative estimate of drug-likeness (QED) is 0.305. The third-order valence-electron chi connectivity index (χ3n) is 7.83. The van der Waals surface area contributed by atoms with E-state index in [0.29, 0.717) is 62.8 Å². The highest BCUT2D eigenvalue weighted by molar-refractivity contribution is 6.30. The number of methoxy groups -OCH3 is 1. The number of hydroxylamine groups is 1. The molecule has 2 unspecified atom stereocenters. The van der Waals surface area contributed by atoms with Crippen LogP contribution >= 0.6 is 11.6 Å². The number of imidazole rings is 1. The van der Waals surface area contributed by atoms with Gasteiger partial charge in [0.1, 0.15) is 23.1 Å². The first-order valence-corrected chi connectivity index (χ1v) is 14.0. The summed E-state index contributed by atoms with van der Waals surface area (Å²) < 4.78 is 8.18. The van der Waals surface area contributed by atoms with E-state index in [1.54, 1.807) is 31.6 Å². The largest absolute Gasteiger partial charge is 0.427 e. The number of hydrogen-bond acceptors (Lipinski definition) is 9. The number of nitriles is 1. The number of amides is 1. The molecule has 4 aromatic rings. The van der Waals surface area contributed by atoms with Crippen molar-refractivity contribution in [3.8, 4) is 17.3 Å². The molecule has 4 heterocycles. The van der Waals surface area contributed by atoms with Crippen molar-refractivity contribution in [2.24, 2.45) is 11.8 Å². The number of pyridine rings is 1. The number of nitrogens with zero attached hydrogens (tertiary/aromatic N) is 6. The maximum absolute atomic E-state index is 11.8. The molecule has 6 rings (SSSR count). The lowest BCUT2D eigenvalue weighted by Gasteiger charge is -2.28. The molecule has 1 aliphatic carbocycles. The maximum Gasteiger partial charge on any atom is 0.427 e. The van der Waals surface area contributed by atoms with Crippen molar-refractivity contribution in [1.82, 2.24) is 35.3 Å². The average molecular weight is 573 g/mol. The van der Waals surface area contributed by atoms with Crippen molar-refractivity contribution in [3.05, 3.63) is 70.5 Å². The minimum Gasteiger partial charge on any atom is -0.369 e. The number of carbonyl (C=O) groups excluding carboxylic acids is 1. The molecule has 1 saturated heterocycles. The zero-order chi connectivity index (χ0) is 28.5. The van der Waals surface area contributed by atoms with Gasteiger partial charge in [0.25, 0.3) is 0 Å². The van der Waals surface area contributed by atoms with Crippen LogP contribution in [0.3, 0.4) is 0 Å². The SMILES string of the molecule is COC(c1ccccc1C#N)c1nc2nc(C3NOC(=O)N3)nc(-c3cncc(Cl)c3)c2n1CC1CCC(C)CC1. The third-order valence-corrected chi connectivity index (χ3v) is 8.03. The lowest BCUT2D eigenvalue weighted by molar-refractivity contribution is 0.120. The summed E-state index contributed by atoms with van der Waals surface area (Å²) in [4.78, 5) is 35.6. The molecule has 1 aliphatic heterocycles. The van der Waals surface area contributed by atoms with Crippen LogP contribution < -0.4 is 10.8 Å². The molecule has 2 N–H and O–H groups in total. The Morgan fingerprint density at radius 1 is 1.20 bits per heavy atom. The molecule has 3 aromatic heterocycles. The molecule has 11 nitrogen and oxygen atoms in total. The Morgan fingerprint density at radius 3 is 2.71 bits per heavy atom. The highest BCUT2D eigenvalue weighted by Gasteiger charge is 2.32. The molecular weight excluding hydrogens is 544 g/mol. The minimum absolute atomic E-state index is 0.271. The van der Waals surface area contributed by atoms with Crippen LogP contribution in [-0.4, -0.2) is 37.7 Å². The van der Waals surface area contributed by atoms with Crippen molar-refractivity contribution >= 4 is 28.9 Å². The maximum atomic E-state index is 11.8. The van der Waals surface area contributed by atoms with Gasteiger partial charge in [-0.25, -0.2) is 19.7 Å². The summed E-state index contributed by atoms with van der Waals surface area (Å²) in [5.74, 6) is 2.01. The first-order chi connectivity index (χ1) is 19.9. The first-order valence-electron chi connectivity index (χ1n) is 13.6. The second-order valence-electron chi connectivity index (χ2n) is 10.6. The van der Waals surface area contributed by atoms with Gasteiger partial charge in [-0.2, -0.15) is 5.26 Å². The van der Waals surface area contributed by atoms with Crippen molar-refractivity contribution in [3.63, 3.8) is 0 Å². The van der Waals surface area contributed by atoms with Crippen molar-refractivity contribution in [2.45, 2.75) is 51.4 Å². The van der Waals surface area contributed by atoms with E-state index >= 15 is 0 Å². The lowest BCUT2D eigenvalue weighted by atomic mass is 9.83. The lowest BCUT2D eigenvalue weighted by Crippen LogP contribution is -2.25. The number of halogens is 1. The zero-order valence-electron chi connectivity index (χ0n) is 22.7. The van der Waals surface area contributed by atoms with E-state index in [0.717, 1.165) is 25.7 Å². The standard InChI is InChI=1S/C29H29ClN8O3/c1-16-7-9-17(10-8-16)15-38-23-22(19-11-20(30)14-32-13-19)33-26(27-36-29(39)41-37-27)34-25(23)35-28(38)24(40-2)21-6-4-3-5-18(21)12-31/h3-6,11,13-14,16-17,24,27,37H,7-10,15H2,1-2H3,(H,36,39). The summed E-state index contributed by atoms with van der Waals surface area (Å²) in [5, 5.41) is 13.0. The van der Waals surface area contributed by atoms with E-state index in [1.807, 2.05) is 18.2 Å². The molecule has 12 heteroatoms. The van der Waals surface area contributed by atoms with Crippen LogP contribution in [0.4, 0.5) is 4.79 Å². The van der Waals surface area contributed by atoms with E-state index in [-0.39, 0.29) is 5.82 Å². The molecule has 0 spiro atoms. The van der Waals surface area contributed by atoms with Gasteiger partial charge in [0.05, 0.1) is 16.7 Å². The summed E-state index contributed by atoms with van der Waals surface area (Å²) >= 11 is 6.36. The Kier molecular flexibility index (Phi) is 7.53. The van der Waals surface area contributed by atoms with Gasteiger partial charge in [0, 0.05) is 37.2 Å². The normalized spacial score (nSPS) is 21.3. The Morgan fingerprint density at radius 2 is 2.00 bits per heavy atom. The van der Waals surface area contributed by atoms with Crippen LogP contribution in [0, 0.1) is 23.2 Å². The number of benzene rings is 1. The van der Waals surface area contributed by atoms with E-state index in [1.165, 1.54) is 0 Å². The molecule has 0 bridgehead atoms. The van der Waals surface area contributed by atoms with E-state index in [2.05, 4.69) is 33.3 Å². The average Bonchev–Trinajstić information content (AvgIpc) is 3.58. The van der Waals surface area contributed by atoms with E-state index < -0.39 is 18.4 Å². The summed E-state index contributed by atoms with van der Waals surface area (Å²) in [6.07, 6.45) is 5.72. The molecule has 41 heavy (non-hydrogen) atoms. The number of fused-ring (bicyclic) bond motifs is 1. The van der Waals surface area contributed by atoms with Gasteiger partial charge in [-0.1, -0.05) is 49.6 Å². The van der Waals surface area contributed by atoms with E-state index in [4.69, 9.17) is 36.1 Å². The first kappa shape index (κ1) is 27.1. The number of hydrogen-bond donors (Lipinski definition) is 2. The van der Waals surface area contributed by atoms with Gasteiger partial charge in [-0.15, -0.1) is 5.48 Å². The molecule has 1 amide bonds. The predicted molar refractivity (Wildman–Crippen MR) is 150 cm³/mol. The van der Waals surface area contributed by atoms with Crippen LogP contribution in [0.5, 0.6) is 0 Å². The number of carbonyl (C=O) groups is 1. The second-order valence-corrected chi connectivity index (χ2v) is 11.0. The van der Waals surface area contributed by atoms with Crippen molar-refractivity contribution in [1.29, 1.82) is 5.26 Å². The monoisotopic (exact) mass is 572 g/mol. The van der Waals surface area contributed by atoms with Crippen LogP contribution in [0.2, 0.25) is 5.02 Å². The molecule has 2 atom stereocenters. The Bertz CT molecular complexity index is 1640. The zero-order valence-corrected chi connectivity index (χ0v) is 23.4. The predicted octanol–water partition coefficient (Wildman–Crippen LogP) is 5.22. The topological polar surface area (TPSA) is 140 Å². The highest BCUT2D eigenvalue weighted by atomic mass is 35.5. The van der Waals surface area contributed by atoms with Crippen molar-refractivity contribution < 1.29 is 14.4 Å². The van der Waals surface area contributed by atoms with Gasteiger partial charge < -0.3 is 14.1 Å². The number of nitrogens with one attached hydrogen (secondary N) is 2. The summed E-state index contributed by atoms with van der Waals surface area (Å²) in [5.41, 5.74) is 6.20. The molecule has 0 radical (unpaired) electrons. The highest BCUT2D eigenvalue weighted by Crippen LogP contribution is 2.37. The van der Waals surface area contributed by atoms with Crippen LogP contribution in [-0.2, 0) is 16.1 Å².